The zero-order chi connectivity index (χ0) is 18.4. The molecule has 0 fully saturated rings. The molecule has 1 amide bonds. The van der Waals surface area contributed by atoms with Gasteiger partial charge in [-0.15, -0.1) is 0 Å². The Morgan fingerprint density at radius 3 is 2.81 bits per heavy atom. The Morgan fingerprint density at radius 2 is 2.04 bits per heavy atom. The molecule has 0 radical (unpaired) electrons. The largest absolute Gasteiger partial charge is 0.302 e. The quantitative estimate of drug-likeness (QED) is 0.313. The molecule has 0 aliphatic heterocycles. The van der Waals surface area contributed by atoms with Gasteiger partial charge in [-0.05, 0) is 75.4 Å². The van der Waals surface area contributed by atoms with Gasteiger partial charge in [0, 0.05) is 14.2 Å². The van der Waals surface area contributed by atoms with Crippen LogP contribution in [0.2, 0.25) is 5.02 Å². The highest BCUT2D eigenvalue weighted by Crippen LogP contribution is 2.15. The van der Waals surface area contributed by atoms with E-state index in [1.165, 1.54) is 6.21 Å². The lowest BCUT2D eigenvalue weighted by Gasteiger charge is -2.03. The van der Waals surface area contributed by atoms with Crippen LogP contribution in [0.25, 0.3) is 0 Å². The van der Waals surface area contributed by atoms with Crippen LogP contribution < -0.4 is 10.8 Å². The number of nitrogens with zero attached hydrogens (tertiary/aromatic N) is 3. The minimum absolute atomic E-state index is 0.128. The molecule has 0 aliphatic rings. The van der Waals surface area contributed by atoms with Gasteiger partial charge in [0.1, 0.15) is 6.21 Å². The predicted octanol–water partition coefficient (Wildman–Crippen LogP) is 3.96. The molecular formula is C16H11ClIN5O3. The Hall–Kier alpha value is -2.66. The van der Waals surface area contributed by atoms with Crippen molar-refractivity contribution in [3.8, 4) is 0 Å². The Balaban J connectivity index is 1.59. The lowest BCUT2D eigenvalue weighted by atomic mass is 10.2. The zero-order valence-corrected chi connectivity index (χ0v) is 15.9. The van der Waals surface area contributed by atoms with Gasteiger partial charge < -0.3 is 5.32 Å². The number of carbonyl (C=O) groups excluding carboxylic acids is 1. The van der Waals surface area contributed by atoms with Crippen LogP contribution in [0.1, 0.15) is 16.1 Å². The van der Waals surface area contributed by atoms with E-state index in [1.807, 2.05) is 12.1 Å². The van der Waals surface area contributed by atoms with Gasteiger partial charge in [-0.25, -0.2) is 4.63 Å². The number of hydrogen-bond donors (Lipinski definition) is 2. The van der Waals surface area contributed by atoms with Gasteiger partial charge in [0.15, 0.2) is 5.69 Å². The van der Waals surface area contributed by atoms with E-state index >= 15 is 0 Å². The van der Waals surface area contributed by atoms with Crippen molar-refractivity contribution in [2.45, 2.75) is 0 Å². The topological polar surface area (TPSA) is 102 Å². The van der Waals surface area contributed by atoms with E-state index in [0.717, 1.165) is 3.57 Å². The molecular weight excluding hydrogens is 473 g/mol. The third-order valence-electron chi connectivity index (χ3n) is 3.07. The third kappa shape index (κ3) is 4.92. The minimum Gasteiger partial charge on any atom is -0.302 e. The first-order valence-electron chi connectivity index (χ1n) is 7.22. The fourth-order valence-electron chi connectivity index (χ4n) is 1.86. The summed E-state index contributed by atoms with van der Waals surface area (Å²) in [5.74, 6) is -0.214. The molecule has 26 heavy (non-hydrogen) atoms. The number of benzene rings is 2. The summed E-state index contributed by atoms with van der Waals surface area (Å²) in [6.45, 7) is 0. The van der Waals surface area contributed by atoms with Crippen LogP contribution in [-0.2, 0) is 4.94 Å². The summed E-state index contributed by atoms with van der Waals surface area (Å²) in [7, 11) is 0. The van der Waals surface area contributed by atoms with Crippen molar-refractivity contribution in [1.82, 2.24) is 10.3 Å². The van der Waals surface area contributed by atoms with Gasteiger partial charge >= 0.3 is 0 Å². The molecule has 0 saturated heterocycles. The van der Waals surface area contributed by atoms with Crippen molar-refractivity contribution < 1.29 is 14.4 Å². The van der Waals surface area contributed by atoms with Crippen LogP contribution in [0, 0.1) is 3.57 Å². The molecule has 0 aliphatic carbocycles. The highest BCUT2D eigenvalue weighted by molar-refractivity contribution is 14.1. The van der Waals surface area contributed by atoms with E-state index in [9.17, 15) is 4.79 Å². The number of oxime groups is 1. The molecule has 2 aromatic carbocycles. The first kappa shape index (κ1) is 18.1. The monoisotopic (exact) mass is 483 g/mol. The van der Waals surface area contributed by atoms with Gasteiger partial charge in [0.05, 0.1) is 5.69 Å². The Morgan fingerprint density at radius 1 is 1.23 bits per heavy atom. The van der Waals surface area contributed by atoms with Gasteiger partial charge in [0.2, 0.25) is 5.82 Å². The summed E-state index contributed by atoms with van der Waals surface area (Å²) in [5, 5.41) is 14.2. The molecule has 1 heterocycles. The molecule has 2 N–H and O–H groups in total. The minimum atomic E-state index is -0.343. The number of nitrogens with one attached hydrogen (secondary N) is 2. The molecule has 1 aromatic heterocycles. The van der Waals surface area contributed by atoms with Crippen LogP contribution >= 0.6 is 34.2 Å². The lowest BCUT2D eigenvalue weighted by Crippen LogP contribution is -2.13. The molecule has 3 rings (SSSR count). The lowest BCUT2D eigenvalue weighted by molar-refractivity contribution is 0.102. The molecule has 0 saturated carbocycles. The first-order valence-corrected chi connectivity index (χ1v) is 8.68. The molecule has 8 nitrogen and oxygen atoms in total. The number of hydrogen-bond acceptors (Lipinski definition) is 7. The number of aromatic nitrogens is 2. The first-order chi connectivity index (χ1) is 12.6. The van der Waals surface area contributed by atoms with Crippen molar-refractivity contribution in [1.29, 1.82) is 0 Å². The normalized spacial score (nSPS) is 10.7. The van der Waals surface area contributed by atoms with E-state index in [1.54, 1.807) is 36.4 Å². The summed E-state index contributed by atoms with van der Waals surface area (Å²) in [6.07, 6.45) is 1.25. The average molecular weight is 484 g/mol. The van der Waals surface area contributed by atoms with E-state index < -0.39 is 0 Å². The SMILES string of the molecule is O=C(Nc1nonc1/C=N/ONc1cccc(Cl)c1)c1ccc(I)cc1. The third-order valence-corrected chi connectivity index (χ3v) is 4.02. The summed E-state index contributed by atoms with van der Waals surface area (Å²) in [6, 6.07) is 14.0. The molecule has 0 atom stereocenters. The van der Waals surface area contributed by atoms with Crippen molar-refractivity contribution >= 4 is 57.8 Å². The summed E-state index contributed by atoms with van der Waals surface area (Å²) >= 11 is 8.02. The van der Waals surface area contributed by atoms with Gasteiger partial charge in [-0.3, -0.25) is 9.73 Å². The van der Waals surface area contributed by atoms with Crippen LogP contribution in [0.15, 0.2) is 58.3 Å². The molecule has 0 bridgehead atoms. The maximum Gasteiger partial charge on any atom is 0.256 e. The average Bonchev–Trinajstić information content (AvgIpc) is 3.06. The summed E-state index contributed by atoms with van der Waals surface area (Å²) in [5.41, 5.74) is 3.90. The van der Waals surface area contributed by atoms with E-state index in [0.29, 0.717) is 16.3 Å². The fraction of sp³-hybridized carbons (Fsp3) is 0. The van der Waals surface area contributed by atoms with Crippen molar-refractivity contribution in [2.75, 3.05) is 10.8 Å². The molecule has 10 heteroatoms. The summed E-state index contributed by atoms with van der Waals surface area (Å²) < 4.78 is 5.66. The van der Waals surface area contributed by atoms with Crippen molar-refractivity contribution in [2.24, 2.45) is 5.16 Å². The number of halogens is 2. The highest BCUT2D eigenvalue weighted by atomic mass is 127. The van der Waals surface area contributed by atoms with E-state index in [-0.39, 0.29) is 17.4 Å². The summed E-state index contributed by atoms with van der Waals surface area (Å²) in [4.78, 5) is 17.1. The van der Waals surface area contributed by atoms with Crippen LogP contribution in [0.5, 0.6) is 0 Å². The van der Waals surface area contributed by atoms with Crippen LogP contribution in [-0.4, -0.2) is 22.4 Å². The number of carbonyl (C=O) groups is 1. The molecule has 3 aromatic rings. The standard InChI is InChI=1S/C16H11ClIN5O3/c17-11-2-1-3-13(8-11)21-25-19-9-14-15(23-26-22-14)20-16(24)10-4-6-12(18)7-5-10/h1-9,21H,(H,20,23,24)/b19-9+. The Kier molecular flexibility index (Phi) is 6.02. The van der Waals surface area contributed by atoms with Crippen molar-refractivity contribution in [3.63, 3.8) is 0 Å². The number of anilines is 2. The van der Waals surface area contributed by atoms with E-state index in [2.05, 4.69) is 53.5 Å². The number of amides is 1. The maximum absolute atomic E-state index is 12.2. The second kappa shape index (κ2) is 8.63. The fourth-order valence-corrected chi connectivity index (χ4v) is 2.40. The Labute approximate surface area is 166 Å². The zero-order valence-electron chi connectivity index (χ0n) is 13.0. The maximum atomic E-state index is 12.2. The van der Waals surface area contributed by atoms with Gasteiger partial charge in [-0.1, -0.05) is 22.8 Å². The second-order valence-electron chi connectivity index (χ2n) is 4.90. The molecule has 132 valence electrons. The van der Waals surface area contributed by atoms with E-state index in [4.69, 9.17) is 16.5 Å². The van der Waals surface area contributed by atoms with Crippen LogP contribution in [0.3, 0.4) is 0 Å². The number of rotatable bonds is 6. The van der Waals surface area contributed by atoms with Crippen molar-refractivity contribution in [3.05, 3.63) is 68.4 Å². The molecule has 0 spiro atoms. The van der Waals surface area contributed by atoms with Gasteiger partial charge in [0.25, 0.3) is 5.91 Å². The second-order valence-corrected chi connectivity index (χ2v) is 6.58. The van der Waals surface area contributed by atoms with Gasteiger partial charge in [-0.2, -0.15) is 5.48 Å². The molecule has 0 unspecified atom stereocenters. The predicted molar refractivity (Wildman–Crippen MR) is 105 cm³/mol. The smallest absolute Gasteiger partial charge is 0.256 e. The highest BCUT2D eigenvalue weighted by Gasteiger charge is 2.13. The Bertz CT molecular complexity index is 930. The van der Waals surface area contributed by atoms with Crippen LogP contribution in [0.4, 0.5) is 11.5 Å².